The van der Waals surface area contributed by atoms with E-state index in [4.69, 9.17) is 0 Å². The molecule has 0 aliphatic carbocycles. The Bertz CT molecular complexity index is 537. The Morgan fingerprint density at radius 1 is 1.04 bits per heavy atom. The van der Waals surface area contributed by atoms with E-state index in [1.165, 1.54) is 69.7 Å². The van der Waals surface area contributed by atoms with Crippen LogP contribution in [0.15, 0.2) is 18.3 Å². The quantitative estimate of drug-likeness (QED) is 0.255. The van der Waals surface area contributed by atoms with Crippen LogP contribution >= 0.6 is 0 Å². The number of carbonyl (C=O) groups excluding carboxylic acids is 1. The molecule has 0 aliphatic heterocycles. The van der Waals surface area contributed by atoms with Crippen LogP contribution in [0.3, 0.4) is 0 Å². The maximum atomic E-state index is 11.8. The lowest BCUT2D eigenvalue weighted by Crippen LogP contribution is -2.29. The molecule has 1 aromatic rings. The molecule has 0 spiro atoms. The van der Waals surface area contributed by atoms with Crippen molar-refractivity contribution in [2.45, 2.75) is 84.0 Å². The van der Waals surface area contributed by atoms with Gasteiger partial charge in [0.1, 0.15) is 0 Å². The summed E-state index contributed by atoms with van der Waals surface area (Å²) in [5, 5.41) is 10.9. The Labute approximate surface area is 156 Å². The van der Waals surface area contributed by atoms with Crippen LogP contribution in [-0.2, 0) is 4.79 Å². The fraction of sp³-hybridized carbons (Fsp3) is 0.684. The molecule has 0 unspecified atom stereocenters. The number of nitrogens with zero attached hydrogens (tertiary/aromatic N) is 2. The van der Waals surface area contributed by atoms with Crippen molar-refractivity contribution in [1.82, 2.24) is 10.4 Å². The Morgan fingerprint density at radius 2 is 1.62 bits per heavy atom. The predicted octanol–water partition coefficient (Wildman–Crippen LogP) is 5.13. The van der Waals surface area contributed by atoms with Gasteiger partial charge in [0.05, 0.1) is 4.92 Å². The summed E-state index contributed by atoms with van der Waals surface area (Å²) < 4.78 is 0. The Kier molecular flexibility index (Phi) is 11.8. The molecular weight excluding hydrogens is 332 g/mol. The van der Waals surface area contributed by atoms with Crippen molar-refractivity contribution in [3.05, 3.63) is 28.4 Å². The minimum Gasteiger partial charge on any atom is -0.276 e. The number of amides is 1. The van der Waals surface area contributed by atoms with Crippen molar-refractivity contribution in [2.24, 2.45) is 0 Å². The molecule has 0 saturated heterocycles. The number of nitro groups is 1. The van der Waals surface area contributed by atoms with Crippen LogP contribution in [0.25, 0.3) is 0 Å². The van der Waals surface area contributed by atoms with Crippen LogP contribution in [-0.4, -0.2) is 15.8 Å². The Morgan fingerprint density at radius 3 is 2.19 bits per heavy atom. The summed E-state index contributed by atoms with van der Waals surface area (Å²) >= 11 is 0. The van der Waals surface area contributed by atoms with Crippen molar-refractivity contribution in [3.63, 3.8) is 0 Å². The third kappa shape index (κ3) is 9.96. The van der Waals surface area contributed by atoms with Crippen LogP contribution in [0.5, 0.6) is 0 Å². The summed E-state index contributed by atoms with van der Waals surface area (Å²) in [6.07, 6.45) is 15.4. The smallest absolute Gasteiger partial charge is 0.276 e. The second-order valence-corrected chi connectivity index (χ2v) is 6.59. The number of hydrogen-bond acceptors (Lipinski definition) is 5. The van der Waals surface area contributed by atoms with Gasteiger partial charge in [-0.25, -0.2) is 4.98 Å². The number of hydrazine groups is 1. The number of aromatic nitrogens is 1. The standard InChI is InChI=1S/C19H32N4O3/c1-2-3-4-5-6-7-8-9-10-11-12-15-18(24)21-22-19-17(23(25)26)14-13-16-20-19/h13-14,16H,2-12,15H2,1H3,(H,20,22)(H,21,24). The van der Waals surface area contributed by atoms with E-state index >= 15 is 0 Å². The van der Waals surface area contributed by atoms with E-state index in [1.807, 2.05) is 0 Å². The molecule has 7 heteroatoms. The summed E-state index contributed by atoms with van der Waals surface area (Å²) in [7, 11) is 0. The maximum absolute atomic E-state index is 11.8. The van der Waals surface area contributed by atoms with Gasteiger partial charge in [-0.15, -0.1) is 0 Å². The van der Waals surface area contributed by atoms with Gasteiger partial charge in [-0.05, 0) is 12.5 Å². The molecule has 2 N–H and O–H groups in total. The number of nitrogens with one attached hydrogen (secondary N) is 2. The van der Waals surface area contributed by atoms with Crippen molar-refractivity contribution in [3.8, 4) is 0 Å². The van der Waals surface area contributed by atoms with Crippen molar-refractivity contribution in [1.29, 1.82) is 0 Å². The largest absolute Gasteiger partial charge is 0.313 e. The molecule has 0 bridgehead atoms. The summed E-state index contributed by atoms with van der Waals surface area (Å²) in [5.74, 6) is -0.134. The molecule has 0 radical (unpaired) electrons. The highest BCUT2D eigenvalue weighted by Gasteiger charge is 2.14. The number of anilines is 1. The summed E-state index contributed by atoms with van der Waals surface area (Å²) in [6, 6.07) is 2.82. The third-order valence-electron chi connectivity index (χ3n) is 4.31. The first kappa shape index (κ1) is 21.9. The first-order chi connectivity index (χ1) is 12.6. The van der Waals surface area contributed by atoms with Crippen molar-refractivity contribution in [2.75, 3.05) is 5.43 Å². The second kappa shape index (κ2) is 14.0. The van der Waals surface area contributed by atoms with Gasteiger partial charge in [-0.3, -0.25) is 25.8 Å². The molecule has 0 saturated carbocycles. The normalized spacial score (nSPS) is 10.5. The van der Waals surface area contributed by atoms with Gasteiger partial charge in [-0.1, -0.05) is 71.1 Å². The Hall–Kier alpha value is -2.18. The highest BCUT2D eigenvalue weighted by Crippen LogP contribution is 2.19. The average Bonchev–Trinajstić information content (AvgIpc) is 2.64. The van der Waals surface area contributed by atoms with Gasteiger partial charge < -0.3 is 0 Å². The summed E-state index contributed by atoms with van der Waals surface area (Å²) in [6.45, 7) is 2.23. The van der Waals surface area contributed by atoms with Gasteiger partial charge in [0.25, 0.3) is 0 Å². The average molecular weight is 364 g/mol. The second-order valence-electron chi connectivity index (χ2n) is 6.59. The molecule has 1 amide bonds. The van der Waals surface area contributed by atoms with Gasteiger partial charge in [0.2, 0.25) is 11.7 Å². The van der Waals surface area contributed by atoms with E-state index in [9.17, 15) is 14.9 Å². The molecule has 0 atom stereocenters. The molecule has 0 aromatic carbocycles. The molecule has 0 fully saturated rings. The minimum absolute atomic E-state index is 0.0461. The number of pyridine rings is 1. The SMILES string of the molecule is CCCCCCCCCCCCCC(=O)NNc1ncccc1[N+](=O)[O-]. The molecule has 1 rings (SSSR count). The maximum Gasteiger partial charge on any atom is 0.313 e. The van der Waals surface area contributed by atoms with E-state index < -0.39 is 4.92 Å². The van der Waals surface area contributed by atoms with Gasteiger partial charge in [0.15, 0.2) is 0 Å². The first-order valence-electron chi connectivity index (χ1n) is 9.79. The van der Waals surface area contributed by atoms with Crippen LogP contribution in [0.2, 0.25) is 0 Å². The predicted molar refractivity (Wildman–Crippen MR) is 104 cm³/mol. The lowest BCUT2D eigenvalue weighted by molar-refractivity contribution is -0.384. The van der Waals surface area contributed by atoms with Crippen LogP contribution in [0, 0.1) is 10.1 Å². The van der Waals surface area contributed by atoms with Crippen molar-refractivity contribution < 1.29 is 9.72 Å². The molecule has 26 heavy (non-hydrogen) atoms. The molecule has 146 valence electrons. The Balaban J connectivity index is 2.02. The number of carbonyl (C=O) groups is 1. The number of hydrogen-bond donors (Lipinski definition) is 2. The minimum atomic E-state index is -0.536. The lowest BCUT2D eigenvalue weighted by atomic mass is 10.1. The highest BCUT2D eigenvalue weighted by molar-refractivity contribution is 5.77. The fourth-order valence-corrected chi connectivity index (χ4v) is 2.78. The number of unbranched alkanes of at least 4 members (excludes halogenated alkanes) is 10. The molecule has 1 heterocycles. The molecule has 1 aromatic heterocycles. The van der Waals surface area contributed by atoms with E-state index in [0.717, 1.165) is 19.3 Å². The van der Waals surface area contributed by atoms with Crippen LogP contribution in [0.1, 0.15) is 84.0 Å². The zero-order valence-electron chi connectivity index (χ0n) is 15.8. The monoisotopic (exact) mass is 364 g/mol. The van der Waals surface area contributed by atoms with Gasteiger partial charge in [0, 0.05) is 18.7 Å². The van der Waals surface area contributed by atoms with E-state index in [1.54, 1.807) is 0 Å². The lowest BCUT2D eigenvalue weighted by Gasteiger charge is -2.07. The van der Waals surface area contributed by atoms with E-state index in [-0.39, 0.29) is 17.4 Å². The van der Waals surface area contributed by atoms with Gasteiger partial charge in [-0.2, -0.15) is 0 Å². The summed E-state index contributed by atoms with van der Waals surface area (Å²) in [5.41, 5.74) is 4.84. The van der Waals surface area contributed by atoms with Crippen LogP contribution in [0.4, 0.5) is 11.5 Å². The zero-order valence-corrected chi connectivity index (χ0v) is 15.8. The molecule has 7 nitrogen and oxygen atoms in total. The molecular formula is C19H32N4O3. The third-order valence-corrected chi connectivity index (χ3v) is 4.31. The van der Waals surface area contributed by atoms with E-state index in [0.29, 0.717) is 6.42 Å². The zero-order chi connectivity index (χ0) is 19.0. The topological polar surface area (TPSA) is 97.2 Å². The van der Waals surface area contributed by atoms with Gasteiger partial charge >= 0.3 is 5.69 Å². The summed E-state index contributed by atoms with van der Waals surface area (Å²) in [4.78, 5) is 26.0. The first-order valence-corrected chi connectivity index (χ1v) is 9.79. The van der Waals surface area contributed by atoms with Crippen molar-refractivity contribution >= 4 is 17.4 Å². The van der Waals surface area contributed by atoms with Crippen LogP contribution < -0.4 is 10.9 Å². The van der Waals surface area contributed by atoms with E-state index in [2.05, 4.69) is 22.8 Å². The molecule has 0 aliphatic rings. The highest BCUT2D eigenvalue weighted by atomic mass is 16.6. The fourth-order valence-electron chi connectivity index (χ4n) is 2.78. The number of rotatable bonds is 15.